The number of carbonyl (C=O) groups excluding carboxylic acids is 1. The Morgan fingerprint density at radius 3 is 2.25 bits per heavy atom. The van der Waals surface area contributed by atoms with Crippen molar-refractivity contribution in [2.24, 2.45) is 0 Å². The van der Waals surface area contributed by atoms with E-state index in [9.17, 15) is 9.59 Å². The van der Waals surface area contributed by atoms with Gasteiger partial charge in [0.25, 0.3) is 11.5 Å². The average molecular weight is 549 g/mol. The number of nitrogens with one attached hydrogen (secondary N) is 1. The molecule has 0 saturated heterocycles. The molecule has 5 rings (SSSR count). The van der Waals surface area contributed by atoms with Crippen molar-refractivity contribution in [3.63, 3.8) is 0 Å². The van der Waals surface area contributed by atoms with Crippen LogP contribution in [0.15, 0.2) is 53.3 Å². The summed E-state index contributed by atoms with van der Waals surface area (Å²) in [4.78, 5) is 33.1. The van der Waals surface area contributed by atoms with Gasteiger partial charge in [0.2, 0.25) is 5.95 Å². The van der Waals surface area contributed by atoms with Gasteiger partial charge in [0.05, 0.1) is 17.8 Å². The van der Waals surface area contributed by atoms with E-state index in [4.69, 9.17) is 28.2 Å². The first kappa shape index (κ1) is 26.3. The zero-order valence-electron chi connectivity index (χ0n) is 20.1. The zero-order valence-corrected chi connectivity index (χ0v) is 22.5. The highest BCUT2D eigenvalue weighted by Crippen LogP contribution is 2.48. The van der Waals surface area contributed by atoms with Crippen molar-refractivity contribution in [3.05, 3.63) is 91.3 Å². The van der Waals surface area contributed by atoms with Crippen LogP contribution < -0.4 is 15.9 Å². The molecule has 2 aromatic carbocycles. The minimum absolute atomic E-state index is 0. The van der Waals surface area contributed by atoms with E-state index in [0.717, 1.165) is 23.6 Å². The van der Waals surface area contributed by atoms with Crippen LogP contribution in [0.2, 0.25) is 10.0 Å². The molecule has 2 heterocycles. The highest BCUT2D eigenvalue weighted by Gasteiger charge is 2.44. The predicted octanol–water partition coefficient (Wildman–Crippen LogP) is 4.51. The molecule has 0 spiro atoms. The van der Waals surface area contributed by atoms with Crippen LogP contribution in [0.5, 0.6) is 0 Å². The lowest BCUT2D eigenvalue weighted by Gasteiger charge is -2.30. The molecule has 7 nitrogen and oxygen atoms in total. The maximum absolute atomic E-state index is 13.5. The molecule has 1 N–H and O–H groups in total. The Balaban J connectivity index is 0.00000304. The summed E-state index contributed by atoms with van der Waals surface area (Å²) in [5.74, 6) is 0.403. The summed E-state index contributed by atoms with van der Waals surface area (Å²) < 4.78 is 1.55. The molecule has 1 aromatic heterocycles. The fourth-order valence-electron chi connectivity index (χ4n) is 4.67. The Kier molecular flexibility index (Phi) is 7.55. The summed E-state index contributed by atoms with van der Waals surface area (Å²) in [6.07, 6.45) is 2.66. The fourth-order valence-corrected chi connectivity index (χ4v) is 4.92. The maximum Gasteiger partial charge on any atom is 0.278 e. The van der Waals surface area contributed by atoms with Gasteiger partial charge in [-0.15, -0.1) is 12.4 Å². The van der Waals surface area contributed by atoms with E-state index in [1.807, 2.05) is 26.2 Å². The quantitative estimate of drug-likeness (QED) is 0.491. The van der Waals surface area contributed by atoms with Crippen molar-refractivity contribution in [2.75, 3.05) is 37.5 Å². The normalized spacial score (nSPS) is 15.5. The van der Waals surface area contributed by atoms with E-state index >= 15 is 0 Å². The number of carbonyl (C=O) groups is 1. The number of nitrogens with zero attached hydrogens (tertiary/aromatic N) is 4. The van der Waals surface area contributed by atoms with Crippen molar-refractivity contribution in [3.8, 4) is 0 Å². The standard InChI is InChI=1S/C26H27Cl2N5O2.ClH/c1-31(2)33-24(35)21-15-32(23(34)17-3-7-19(27)8-4-17)14-11-22(21)30-25(33)29-16-26(12-13-26)18-5-9-20(28)10-6-18;/h3-10H,11-16H2,1-2H3,(H,29,30);1H. The number of anilines is 1. The Morgan fingerprint density at radius 1 is 1.06 bits per heavy atom. The summed E-state index contributed by atoms with van der Waals surface area (Å²) in [7, 11) is 3.62. The Labute approximate surface area is 226 Å². The molecular weight excluding hydrogens is 521 g/mol. The highest BCUT2D eigenvalue weighted by atomic mass is 35.5. The first-order valence-corrected chi connectivity index (χ1v) is 12.4. The van der Waals surface area contributed by atoms with Gasteiger partial charge in [-0.1, -0.05) is 35.3 Å². The molecular formula is C26H28Cl3N5O2. The zero-order chi connectivity index (χ0) is 24.7. The van der Waals surface area contributed by atoms with Crippen molar-refractivity contribution in [1.29, 1.82) is 0 Å². The minimum atomic E-state index is -0.160. The van der Waals surface area contributed by atoms with Gasteiger partial charge in [-0.2, -0.15) is 4.68 Å². The topological polar surface area (TPSA) is 70.5 Å². The summed E-state index contributed by atoms with van der Waals surface area (Å²) in [6.45, 7) is 1.40. The first-order chi connectivity index (χ1) is 16.8. The molecule has 1 aliphatic heterocycles. The molecule has 10 heteroatoms. The molecule has 0 unspecified atom stereocenters. The number of fused-ring (bicyclic) bond motifs is 1. The summed E-state index contributed by atoms with van der Waals surface area (Å²) in [5, 5.41) is 6.47. The van der Waals surface area contributed by atoms with E-state index in [0.29, 0.717) is 41.6 Å². The second-order valence-electron chi connectivity index (χ2n) is 9.45. The van der Waals surface area contributed by atoms with E-state index in [1.165, 1.54) is 5.56 Å². The molecule has 3 aromatic rings. The lowest BCUT2D eigenvalue weighted by molar-refractivity contribution is 0.0732. The van der Waals surface area contributed by atoms with Crippen molar-refractivity contribution in [1.82, 2.24) is 14.6 Å². The average Bonchev–Trinajstić information content (AvgIpc) is 3.64. The molecule has 1 amide bonds. The summed E-state index contributed by atoms with van der Waals surface area (Å²) in [5.41, 5.74) is 2.95. The predicted molar refractivity (Wildman–Crippen MR) is 147 cm³/mol. The Morgan fingerprint density at radius 2 is 1.67 bits per heavy atom. The van der Waals surface area contributed by atoms with Gasteiger partial charge in [0.1, 0.15) is 0 Å². The molecule has 0 bridgehead atoms. The van der Waals surface area contributed by atoms with Crippen LogP contribution in [0.1, 0.15) is 40.0 Å². The second-order valence-corrected chi connectivity index (χ2v) is 10.3. The number of rotatable bonds is 6. The van der Waals surface area contributed by atoms with Crippen LogP contribution in [0, 0.1) is 0 Å². The Hall–Kier alpha value is -2.74. The lowest BCUT2D eigenvalue weighted by atomic mass is 9.96. The molecule has 0 atom stereocenters. The van der Waals surface area contributed by atoms with E-state index in [2.05, 4.69) is 17.4 Å². The van der Waals surface area contributed by atoms with E-state index < -0.39 is 0 Å². The highest BCUT2D eigenvalue weighted by molar-refractivity contribution is 6.30. The first-order valence-electron chi connectivity index (χ1n) is 11.6. The summed E-state index contributed by atoms with van der Waals surface area (Å²) >= 11 is 12.0. The van der Waals surface area contributed by atoms with Crippen LogP contribution in [-0.2, 0) is 18.4 Å². The smallest absolute Gasteiger partial charge is 0.278 e. The van der Waals surface area contributed by atoms with Gasteiger partial charge in [0, 0.05) is 54.6 Å². The van der Waals surface area contributed by atoms with Crippen LogP contribution in [0.3, 0.4) is 0 Å². The maximum atomic E-state index is 13.5. The van der Waals surface area contributed by atoms with Crippen LogP contribution >= 0.6 is 35.6 Å². The van der Waals surface area contributed by atoms with Gasteiger partial charge in [-0.3, -0.25) is 9.59 Å². The largest absolute Gasteiger partial charge is 0.353 e. The van der Waals surface area contributed by atoms with Crippen LogP contribution in [0.4, 0.5) is 5.95 Å². The third kappa shape index (κ3) is 5.05. The SMILES string of the molecule is CN(C)n1c(NCC2(c3ccc(Cl)cc3)CC2)nc2c(c1=O)CN(C(=O)c1ccc(Cl)cc1)CC2.Cl. The van der Waals surface area contributed by atoms with Crippen molar-refractivity contribution >= 4 is 47.5 Å². The molecule has 0 radical (unpaired) electrons. The van der Waals surface area contributed by atoms with Gasteiger partial charge < -0.3 is 15.2 Å². The van der Waals surface area contributed by atoms with Crippen molar-refractivity contribution in [2.45, 2.75) is 31.2 Å². The summed E-state index contributed by atoms with van der Waals surface area (Å²) in [6, 6.07) is 14.8. The number of benzene rings is 2. The third-order valence-corrected chi connectivity index (χ3v) is 7.39. The van der Waals surface area contributed by atoms with E-state index in [-0.39, 0.29) is 35.8 Å². The van der Waals surface area contributed by atoms with Gasteiger partial charge in [0.15, 0.2) is 0 Å². The molecule has 1 aliphatic carbocycles. The molecule has 1 saturated carbocycles. The molecule has 36 heavy (non-hydrogen) atoms. The number of amides is 1. The fraction of sp³-hybridized carbons (Fsp3) is 0.346. The van der Waals surface area contributed by atoms with Crippen LogP contribution in [-0.4, -0.2) is 47.7 Å². The second kappa shape index (κ2) is 10.3. The molecule has 190 valence electrons. The lowest BCUT2D eigenvalue weighted by Crippen LogP contribution is -2.45. The number of aromatic nitrogens is 2. The van der Waals surface area contributed by atoms with Crippen LogP contribution in [0.25, 0.3) is 0 Å². The third-order valence-electron chi connectivity index (χ3n) is 6.88. The number of hydrogen-bond acceptors (Lipinski definition) is 5. The van der Waals surface area contributed by atoms with Gasteiger partial charge in [-0.05, 0) is 54.8 Å². The van der Waals surface area contributed by atoms with Crippen molar-refractivity contribution < 1.29 is 4.79 Å². The monoisotopic (exact) mass is 547 g/mol. The molecule has 2 aliphatic rings. The Bertz CT molecular complexity index is 1320. The van der Waals surface area contributed by atoms with Gasteiger partial charge >= 0.3 is 0 Å². The minimum Gasteiger partial charge on any atom is -0.353 e. The molecule has 1 fully saturated rings. The number of halogens is 3. The van der Waals surface area contributed by atoms with Gasteiger partial charge in [-0.25, -0.2) is 4.98 Å². The van der Waals surface area contributed by atoms with E-state index in [1.54, 1.807) is 38.9 Å². The number of hydrogen-bond donors (Lipinski definition) is 1.